The molecule has 4 nitrogen and oxygen atoms in total. The number of nitrogens with one attached hydrogen (secondary N) is 1. The number of aryl methyl sites for hydroxylation is 1. The number of benzene rings is 2. The van der Waals surface area contributed by atoms with Gasteiger partial charge in [-0.05, 0) is 36.8 Å². The van der Waals surface area contributed by atoms with Crippen molar-refractivity contribution >= 4 is 34.9 Å². The summed E-state index contributed by atoms with van der Waals surface area (Å²) < 4.78 is 2.19. The van der Waals surface area contributed by atoms with Gasteiger partial charge in [-0.3, -0.25) is 0 Å². The minimum atomic E-state index is -0.219. The fraction of sp³-hybridized carbons (Fsp3) is 0.190. The van der Waals surface area contributed by atoms with Crippen LogP contribution in [0.3, 0.4) is 0 Å². The van der Waals surface area contributed by atoms with E-state index in [9.17, 15) is 4.79 Å². The Morgan fingerprint density at radius 3 is 2.41 bits per heavy atom. The first-order valence-electron chi connectivity index (χ1n) is 8.78. The normalized spacial score (nSPS) is 16.1. The van der Waals surface area contributed by atoms with Crippen molar-refractivity contribution in [1.82, 2.24) is 9.47 Å². The number of halogens is 2. The largest absolute Gasteiger partial charge is 0.348 e. The van der Waals surface area contributed by atoms with Crippen LogP contribution >= 0.6 is 23.2 Å². The molecule has 1 N–H and O–H groups in total. The second-order valence-corrected chi connectivity index (χ2v) is 7.47. The lowest BCUT2D eigenvalue weighted by Gasteiger charge is -2.37. The molecule has 0 bridgehead atoms. The molecule has 6 heteroatoms. The third kappa shape index (κ3) is 3.43. The number of urea groups is 1. The van der Waals surface area contributed by atoms with Crippen molar-refractivity contribution in [3.05, 3.63) is 87.7 Å². The Balaban J connectivity index is 1.70. The van der Waals surface area contributed by atoms with E-state index in [4.69, 9.17) is 23.2 Å². The molecule has 2 heterocycles. The smallest absolute Gasteiger partial charge is 0.322 e. The number of anilines is 1. The van der Waals surface area contributed by atoms with Crippen LogP contribution in [0.2, 0.25) is 10.0 Å². The molecular weight excluding hydrogens is 381 g/mol. The van der Waals surface area contributed by atoms with Gasteiger partial charge in [0.1, 0.15) is 0 Å². The molecule has 0 saturated heterocycles. The lowest BCUT2D eigenvalue weighted by molar-refractivity contribution is 0.182. The number of nitrogens with zero attached hydrogens (tertiary/aromatic N) is 2. The fourth-order valence-electron chi connectivity index (χ4n) is 3.50. The minimum absolute atomic E-state index is 0.171. The van der Waals surface area contributed by atoms with Crippen molar-refractivity contribution in [2.45, 2.75) is 19.5 Å². The number of carbonyl (C=O) groups excluding carboxylic acids is 1. The van der Waals surface area contributed by atoms with Gasteiger partial charge in [0.15, 0.2) is 0 Å². The molecule has 4 rings (SSSR count). The Morgan fingerprint density at radius 2 is 1.70 bits per heavy atom. The van der Waals surface area contributed by atoms with Gasteiger partial charge in [0.2, 0.25) is 0 Å². The van der Waals surface area contributed by atoms with Gasteiger partial charge in [0, 0.05) is 25.0 Å². The first-order chi connectivity index (χ1) is 13.0. The van der Waals surface area contributed by atoms with Crippen LogP contribution < -0.4 is 5.32 Å². The Bertz CT molecular complexity index is 961. The predicted octanol–water partition coefficient (Wildman–Crippen LogP) is 5.74. The third-order valence-electron chi connectivity index (χ3n) is 4.89. The van der Waals surface area contributed by atoms with E-state index in [-0.39, 0.29) is 12.1 Å². The summed E-state index contributed by atoms with van der Waals surface area (Å²) in [6.07, 6.45) is 2.05. The van der Waals surface area contributed by atoms with Gasteiger partial charge in [-0.25, -0.2) is 4.79 Å². The maximum Gasteiger partial charge on any atom is 0.322 e. The van der Waals surface area contributed by atoms with Crippen LogP contribution in [-0.2, 0) is 6.54 Å². The van der Waals surface area contributed by atoms with E-state index in [2.05, 4.69) is 53.3 Å². The van der Waals surface area contributed by atoms with Gasteiger partial charge in [0.25, 0.3) is 0 Å². The molecule has 1 aromatic heterocycles. The van der Waals surface area contributed by atoms with E-state index in [1.54, 1.807) is 18.2 Å². The lowest BCUT2D eigenvalue weighted by Crippen LogP contribution is -2.44. The predicted molar refractivity (Wildman–Crippen MR) is 110 cm³/mol. The number of fused-ring (bicyclic) bond motifs is 1. The zero-order chi connectivity index (χ0) is 19.0. The Kier molecular flexibility index (Phi) is 4.85. The van der Waals surface area contributed by atoms with Crippen LogP contribution in [0, 0.1) is 6.92 Å². The summed E-state index contributed by atoms with van der Waals surface area (Å²) in [7, 11) is 0. The van der Waals surface area contributed by atoms with E-state index in [0.717, 1.165) is 17.8 Å². The van der Waals surface area contributed by atoms with Crippen LogP contribution in [0.25, 0.3) is 0 Å². The number of hydrogen-bond acceptors (Lipinski definition) is 1. The zero-order valence-corrected chi connectivity index (χ0v) is 16.3. The van der Waals surface area contributed by atoms with Gasteiger partial charge >= 0.3 is 6.03 Å². The highest BCUT2D eigenvalue weighted by Gasteiger charge is 2.32. The molecule has 0 unspecified atom stereocenters. The molecule has 0 spiro atoms. The van der Waals surface area contributed by atoms with Crippen LogP contribution in [-0.4, -0.2) is 22.0 Å². The highest BCUT2D eigenvalue weighted by atomic mass is 35.5. The van der Waals surface area contributed by atoms with Crippen molar-refractivity contribution in [3.63, 3.8) is 0 Å². The van der Waals surface area contributed by atoms with E-state index in [1.807, 2.05) is 11.0 Å². The zero-order valence-electron chi connectivity index (χ0n) is 14.8. The van der Waals surface area contributed by atoms with Crippen LogP contribution in [0.1, 0.15) is 22.9 Å². The van der Waals surface area contributed by atoms with Gasteiger partial charge in [-0.1, -0.05) is 59.1 Å². The molecule has 138 valence electrons. The first-order valence-corrected chi connectivity index (χ1v) is 9.53. The lowest BCUT2D eigenvalue weighted by atomic mass is 9.99. The summed E-state index contributed by atoms with van der Waals surface area (Å²) in [5.41, 5.74) is 3.78. The SMILES string of the molecule is Cc1ccc([C@H]2c3cccn3CCN2C(=O)Nc2c(Cl)cccc2Cl)cc1. The molecule has 1 aliphatic rings. The maximum absolute atomic E-state index is 13.1. The van der Waals surface area contributed by atoms with Crippen LogP contribution in [0.4, 0.5) is 10.5 Å². The monoisotopic (exact) mass is 399 g/mol. The number of hydrogen-bond donors (Lipinski definition) is 1. The molecule has 1 aliphatic heterocycles. The average molecular weight is 400 g/mol. The van der Waals surface area contributed by atoms with E-state index < -0.39 is 0 Å². The van der Waals surface area contributed by atoms with Crippen molar-refractivity contribution in [3.8, 4) is 0 Å². The maximum atomic E-state index is 13.1. The molecule has 1 atom stereocenters. The molecule has 27 heavy (non-hydrogen) atoms. The molecule has 0 fully saturated rings. The summed E-state index contributed by atoms with van der Waals surface area (Å²) in [5, 5.41) is 3.74. The summed E-state index contributed by atoms with van der Waals surface area (Å²) in [6.45, 7) is 3.39. The van der Waals surface area contributed by atoms with Crippen molar-refractivity contribution in [1.29, 1.82) is 0 Å². The summed E-state index contributed by atoms with van der Waals surface area (Å²) in [6, 6.07) is 17.1. The van der Waals surface area contributed by atoms with Crippen LogP contribution in [0.15, 0.2) is 60.8 Å². The summed E-state index contributed by atoms with van der Waals surface area (Å²) in [5.74, 6) is 0. The van der Waals surface area contributed by atoms with E-state index >= 15 is 0 Å². The molecule has 0 aliphatic carbocycles. The summed E-state index contributed by atoms with van der Waals surface area (Å²) in [4.78, 5) is 15.0. The number of rotatable bonds is 2. The summed E-state index contributed by atoms with van der Waals surface area (Å²) >= 11 is 12.5. The minimum Gasteiger partial charge on any atom is -0.348 e. The fourth-order valence-corrected chi connectivity index (χ4v) is 3.99. The molecule has 0 saturated carbocycles. The number of amides is 2. The highest BCUT2D eigenvalue weighted by molar-refractivity contribution is 6.39. The molecule has 2 aromatic carbocycles. The van der Waals surface area contributed by atoms with Crippen LogP contribution in [0.5, 0.6) is 0 Å². The number of aromatic nitrogens is 1. The first kappa shape index (κ1) is 18.0. The second-order valence-electron chi connectivity index (χ2n) is 6.66. The number of para-hydroxylation sites is 1. The van der Waals surface area contributed by atoms with Crippen molar-refractivity contribution < 1.29 is 4.79 Å². The van der Waals surface area contributed by atoms with Crippen molar-refractivity contribution in [2.24, 2.45) is 0 Å². The van der Waals surface area contributed by atoms with Gasteiger partial charge < -0.3 is 14.8 Å². The Morgan fingerprint density at radius 1 is 1.00 bits per heavy atom. The van der Waals surface area contributed by atoms with E-state index in [1.165, 1.54) is 5.56 Å². The topological polar surface area (TPSA) is 37.3 Å². The second kappa shape index (κ2) is 7.29. The number of carbonyl (C=O) groups is 1. The van der Waals surface area contributed by atoms with Crippen molar-refractivity contribution in [2.75, 3.05) is 11.9 Å². The highest BCUT2D eigenvalue weighted by Crippen LogP contribution is 2.35. The molecule has 0 radical (unpaired) electrons. The van der Waals surface area contributed by atoms with Gasteiger partial charge in [-0.2, -0.15) is 0 Å². The van der Waals surface area contributed by atoms with E-state index in [0.29, 0.717) is 22.3 Å². The molecular formula is C21H19Cl2N3O. The molecule has 2 amide bonds. The third-order valence-corrected chi connectivity index (χ3v) is 5.52. The van der Waals surface area contributed by atoms with Gasteiger partial charge in [0.05, 0.1) is 21.8 Å². The Hall–Kier alpha value is -2.43. The standard InChI is InChI=1S/C21H19Cl2N3O/c1-14-7-9-15(10-8-14)20-18-6-3-11-25(18)12-13-26(20)21(27)24-19-16(22)4-2-5-17(19)23/h2-11,20H,12-13H2,1H3,(H,24,27)/t20-/m0/s1. The molecule has 3 aromatic rings. The quantitative estimate of drug-likeness (QED) is 0.585. The van der Waals surface area contributed by atoms with Gasteiger partial charge in [-0.15, -0.1) is 0 Å². The Labute approximate surface area is 168 Å². The average Bonchev–Trinajstić information content (AvgIpc) is 3.13.